The van der Waals surface area contributed by atoms with Crippen molar-refractivity contribution >= 4 is 21.7 Å². The van der Waals surface area contributed by atoms with Crippen molar-refractivity contribution in [3.8, 4) is 0 Å². The number of nitrogens with zero attached hydrogens (tertiary/aromatic N) is 1. The second-order valence-electron chi connectivity index (χ2n) is 5.82. The summed E-state index contributed by atoms with van der Waals surface area (Å²) in [5, 5.41) is 8.14. The van der Waals surface area contributed by atoms with Gasteiger partial charge in [-0.05, 0) is 25.3 Å². The first kappa shape index (κ1) is 17.5. The molecule has 0 aliphatic carbocycles. The van der Waals surface area contributed by atoms with Crippen molar-refractivity contribution < 1.29 is 23.1 Å². The average Bonchev–Trinajstić information content (AvgIpc) is 2.52. The first-order valence-corrected chi connectivity index (χ1v) is 9.33. The van der Waals surface area contributed by atoms with Gasteiger partial charge in [0.25, 0.3) is 0 Å². The minimum Gasteiger partial charge on any atom is -0.480 e. The molecule has 2 rings (SSSR count). The second-order valence-corrected chi connectivity index (χ2v) is 8.12. The van der Waals surface area contributed by atoms with E-state index in [2.05, 4.69) is 0 Å². The van der Waals surface area contributed by atoms with Crippen molar-refractivity contribution in [2.24, 2.45) is 0 Å². The number of hydrogen-bond acceptors (Lipinski definition) is 4. The number of carboxylic acid groups (broad SMARTS) is 1. The van der Waals surface area contributed by atoms with E-state index < -0.39 is 33.0 Å². The largest absolute Gasteiger partial charge is 0.480 e. The molecule has 0 aromatic heterocycles. The summed E-state index contributed by atoms with van der Waals surface area (Å²) in [6.45, 7) is 1.48. The van der Waals surface area contributed by atoms with Gasteiger partial charge in [0.05, 0.1) is 5.75 Å². The first-order valence-electron chi connectivity index (χ1n) is 7.61. The fourth-order valence-corrected chi connectivity index (χ4v) is 4.60. The quantitative estimate of drug-likeness (QED) is 0.877. The number of sulfone groups is 1. The first-order chi connectivity index (χ1) is 10.8. The van der Waals surface area contributed by atoms with Crippen LogP contribution in [0.1, 0.15) is 31.7 Å². The molecule has 1 aliphatic rings. The summed E-state index contributed by atoms with van der Waals surface area (Å²) in [6, 6.07) is 7.89. The zero-order valence-corrected chi connectivity index (χ0v) is 13.8. The van der Waals surface area contributed by atoms with Gasteiger partial charge in [0.15, 0.2) is 9.84 Å². The van der Waals surface area contributed by atoms with E-state index in [9.17, 15) is 23.1 Å². The Morgan fingerprint density at radius 3 is 2.48 bits per heavy atom. The highest BCUT2D eigenvalue weighted by atomic mass is 32.2. The number of carbonyl (C=O) groups excluding carboxylic acids is 1. The summed E-state index contributed by atoms with van der Waals surface area (Å²) in [4.78, 5) is 25.2. The van der Waals surface area contributed by atoms with Gasteiger partial charge in [0.1, 0.15) is 11.3 Å². The van der Waals surface area contributed by atoms with Crippen molar-refractivity contribution in [3.63, 3.8) is 0 Å². The molecule has 0 spiro atoms. The third-order valence-corrected chi connectivity index (χ3v) is 6.32. The fraction of sp³-hybridized carbons (Fsp3) is 0.500. The zero-order chi connectivity index (χ0) is 17.0. The van der Waals surface area contributed by atoms with Gasteiger partial charge in [-0.2, -0.15) is 0 Å². The van der Waals surface area contributed by atoms with Gasteiger partial charge in [0.2, 0.25) is 5.91 Å². The Morgan fingerprint density at radius 2 is 1.91 bits per heavy atom. The summed E-state index contributed by atoms with van der Waals surface area (Å²) in [6.07, 6.45) is 1.48. The minimum atomic E-state index is -3.50. The maximum absolute atomic E-state index is 12.7. The Hall–Kier alpha value is -1.89. The van der Waals surface area contributed by atoms with E-state index in [4.69, 9.17) is 0 Å². The normalized spacial score (nSPS) is 21.3. The van der Waals surface area contributed by atoms with E-state index in [1.165, 1.54) is 6.92 Å². The number of aliphatic carboxylic acids is 1. The van der Waals surface area contributed by atoms with Crippen LogP contribution in [-0.2, 0) is 26.0 Å². The molecule has 1 N–H and O–H groups in total. The van der Waals surface area contributed by atoms with Crippen LogP contribution in [0.3, 0.4) is 0 Å². The summed E-state index contributed by atoms with van der Waals surface area (Å²) >= 11 is 0. The van der Waals surface area contributed by atoms with Crippen LogP contribution in [-0.4, -0.2) is 47.3 Å². The number of hydrogen-bond donors (Lipinski definition) is 1. The summed E-state index contributed by atoms with van der Waals surface area (Å²) in [7, 11) is -3.50. The van der Waals surface area contributed by atoms with Gasteiger partial charge >= 0.3 is 5.97 Å². The Labute approximate surface area is 136 Å². The molecule has 1 amide bonds. The van der Waals surface area contributed by atoms with Crippen LogP contribution in [0.4, 0.5) is 0 Å². The standard InChI is InChI=1S/C16H21NO5S/c1-12(16(19)20)17(11-13-7-3-2-4-8-13)15(18)14-9-5-6-10-23(14,21)22/h2-4,7-8,12,14H,5-6,9-11H2,1H3,(H,19,20). The lowest BCUT2D eigenvalue weighted by Gasteiger charge is -2.31. The Kier molecular flexibility index (Phi) is 5.41. The van der Waals surface area contributed by atoms with Gasteiger partial charge < -0.3 is 10.0 Å². The highest BCUT2D eigenvalue weighted by molar-refractivity contribution is 7.92. The van der Waals surface area contributed by atoms with Crippen LogP contribution < -0.4 is 0 Å². The minimum absolute atomic E-state index is 0.00988. The molecule has 1 aromatic rings. The predicted molar refractivity (Wildman–Crippen MR) is 85.5 cm³/mol. The maximum atomic E-state index is 12.7. The average molecular weight is 339 g/mol. The Balaban J connectivity index is 2.29. The number of amides is 1. The lowest BCUT2D eigenvalue weighted by atomic mass is 10.1. The summed E-state index contributed by atoms with van der Waals surface area (Å²) < 4.78 is 24.4. The van der Waals surface area contributed by atoms with Crippen LogP contribution in [0, 0.1) is 0 Å². The Bertz CT molecular complexity index is 671. The molecule has 6 nitrogen and oxygen atoms in total. The van der Waals surface area contributed by atoms with Gasteiger partial charge in [-0.15, -0.1) is 0 Å². The summed E-state index contributed by atoms with van der Waals surface area (Å²) in [5.41, 5.74) is 0.766. The predicted octanol–water partition coefficient (Wildman–Crippen LogP) is 1.46. The third-order valence-electron chi connectivity index (χ3n) is 4.16. The lowest BCUT2D eigenvalue weighted by Crippen LogP contribution is -2.50. The lowest BCUT2D eigenvalue weighted by molar-refractivity contribution is -0.149. The highest BCUT2D eigenvalue weighted by Gasteiger charge is 2.39. The molecule has 1 saturated heterocycles. The molecule has 7 heteroatoms. The molecule has 0 radical (unpaired) electrons. The summed E-state index contributed by atoms with van der Waals surface area (Å²) in [5.74, 6) is -1.77. The van der Waals surface area contributed by atoms with E-state index in [0.29, 0.717) is 12.8 Å². The molecule has 23 heavy (non-hydrogen) atoms. The van der Waals surface area contributed by atoms with E-state index in [1.807, 2.05) is 6.07 Å². The van der Waals surface area contributed by atoms with E-state index in [0.717, 1.165) is 10.5 Å². The number of rotatable bonds is 5. The number of benzene rings is 1. The molecule has 1 aliphatic heterocycles. The number of carboxylic acids is 1. The molecular weight excluding hydrogens is 318 g/mol. The Morgan fingerprint density at radius 1 is 1.26 bits per heavy atom. The molecule has 0 saturated carbocycles. The van der Waals surface area contributed by atoms with Crippen LogP contribution in [0.15, 0.2) is 30.3 Å². The van der Waals surface area contributed by atoms with E-state index in [1.54, 1.807) is 24.3 Å². The topological polar surface area (TPSA) is 91.8 Å². The maximum Gasteiger partial charge on any atom is 0.326 e. The SMILES string of the molecule is CC(C(=O)O)N(Cc1ccccc1)C(=O)C1CCCCS1(=O)=O. The van der Waals surface area contributed by atoms with Crippen LogP contribution in [0.2, 0.25) is 0 Å². The van der Waals surface area contributed by atoms with E-state index >= 15 is 0 Å². The zero-order valence-electron chi connectivity index (χ0n) is 13.0. The van der Waals surface area contributed by atoms with Crippen LogP contribution >= 0.6 is 0 Å². The smallest absolute Gasteiger partial charge is 0.326 e. The second kappa shape index (κ2) is 7.12. The number of carbonyl (C=O) groups is 2. The van der Waals surface area contributed by atoms with Gasteiger partial charge in [-0.1, -0.05) is 36.8 Å². The molecule has 2 unspecified atom stereocenters. The molecule has 1 fully saturated rings. The van der Waals surface area contributed by atoms with Crippen molar-refractivity contribution in [2.45, 2.75) is 44.0 Å². The van der Waals surface area contributed by atoms with Crippen LogP contribution in [0.25, 0.3) is 0 Å². The van der Waals surface area contributed by atoms with Gasteiger partial charge in [-0.25, -0.2) is 13.2 Å². The van der Waals surface area contributed by atoms with Crippen molar-refractivity contribution in [1.29, 1.82) is 0 Å². The molecule has 126 valence electrons. The molecule has 1 aromatic carbocycles. The molecular formula is C16H21NO5S. The molecule has 0 bridgehead atoms. The molecule has 2 atom stereocenters. The van der Waals surface area contributed by atoms with Crippen molar-refractivity contribution in [1.82, 2.24) is 4.90 Å². The van der Waals surface area contributed by atoms with Crippen molar-refractivity contribution in [2.75, 3.05) is 5.75 Å². The van der Waals surface area contributed by atoms with Gasteiger partial charge in [0, 0.05) is 6.54 Å². The third kappa shape index (κ3) is 4.10. The monoisotopic (exact) mass is 339 g/mol. The van der Waals surface area contributed by atoms with Gasteiger partial charge in [-0.3, -0.25) is 4.79 Å². The highest BCUT2D eigenvalue weighted by Crippen LogP contribution is 2.23. The fourth-order valence-electron chi connectivity index (χ4n) is 2.74. The van der Waals surface area contributed by atoms with E-state index in [-0.39, 0.29) is 18.7 Å². The molecule has 1 heterocycles. The van der Waals surface area contributed by atoms with Crippen molar-refractivity contribution in [3.05, 3.63) is 35.9 Å². The van der Waals surface area contributed by atoms with Crippen LogP contribution in [0.5, 0.6) is 0 Å².